The first kappa shape index (κ1) is 25.9. The van der Waals surface area contributed by atoms with Crippen LogP contribution in [-0.4, -0.2) is 55.6 Å². The number of carboxylic acids is 2. The molecule has 36 heavy (non-hydrogen) atoms. The fraction of sp³-hybridized carbons (Fsp3) is 0.250. The summed E-state index contributed by atoms with van der Waals surface area (Å²) in [4.78, 5) is 49.2. The molecule has 2 heterocycles. The number of fused-ring (bicyclic) bond motifs is 1. The topological polar surface area (TPSA) is 198 Å². The highest BCUT2D eigenvalue weighted by atomic mass is 16.4. The molecule has 2 aromatic heterocycles. The summed E-state index contributed by atoms with van der Waals surface area (Å²) in [7, 11) is 0. The molecule has 7 N–H and O–H groups in total. The number of nitrogens with two attached hydrogens (primary N) is 2. The van der Waals surface area contributed by atoms with Gasteiger partial charge in [-0.15, -0.1) is 6.58 Å². The number of carbonyl (C=O) groups excluding carboxylic acids is 1. The number of aromatic nitrogens is 3. The lowest BCUT2D eigenvalue weighted by molar-refractivity contribution is -0.140. The number of aliphatic carboxylic acids is 2. The molecule has 3 aromatic rings. The van der Waals surface area contributed by atoms with Gasteiger partial charge in [-0.05, 0) is 48.7 Å². The second kappa shape index (κ2) is 11.1. The second-order valence-electron chi connectivity index (χ2n) is 8.09. The van der Waals surface area contributed by atoms with Gasteiger partial charge in [-0.25, -0.2) is 9.78 Å². The Morgan fingerprint density at radius 3 is 2.47 bits per heavy atom. The third-order valence-corrected chi connectivity index (χ3v) is 5.59. The van der Waals surface area contributed by atoms with Crippen molar-refractivity contribution in [1.82, 2.24) is 20.3 Å². The Kier molecular flexibility index (Phi) is 8.00. The summed E-state index contributed by atoms with van der Waals surface area (Å²) in [5.74, 6) is -2.75. The molecular weight excluding hydrogens is 466 g/mol. The SMILES string of the molecule is C=CCN(Cc1cnc2nc(N)nc(N)c2c1C)c1ccc(C(=O)N[C@@H](CCC(=O)O)C(=O)O)cc1. The Morgan fingerprint density at radius 2 is 1.86 bits per heavy atom. The zero-order valence-corrected chi connectivity index (χ0v) is 19.6. The number of nitrogens with one attached hydrogen (secondary N) is 1. The van der Waals surface area contributed by atoms with E-state index in [9.17, 15) is 19.5 Å². The van der Waals surface area contributed by atoms with E-state index in [-0.39, 0.29) is 30.2 Å². The number of carboxylic acid groups (broad SMARTS) is 2. The summed E-state index contributed by atoms with van der Waals surface area (Å²) in [5.41, 5.74) is 14.9. The highest BCUT2D eigenvalue weighted by molar-refractivity contribution is 5.97. The van der Waals surface area contributed by atoms with Crippen LogP contribution in [0.5, 0.6) is 0 Å². The number of benzene rings is 1. The maximum absolute atomic E-state index is 12.5. The van der Waals surface area contributed by atoms with Crippen LogP contribution in [0.1, 0.15) is 34.3 Å². The number of amides is 1. The van der Waals surface area contributed by atoms with E-state index in [4.69, 9.17) is 16.6 Å². The lowest BCUT2D eigenvalue weighted by Crippen LogP contribution is -2.41. The van der Waals surface area contributed by atoms with E-state index in [1.807, 2.05) is 11.8 Å². The molecule has 3 rings (SSSR count). The molecular formula is C24H27N7O5. The molecule has 1 atom stereocenters. The van der Waals surface area contributed by atoms with Gasteiger partial charge in [-0.3, -0.25) is 9.59 Å². The highest BCUT2D eigenvalue weighted by Gasteiger charge is 2.22. The van der Waals surface area contributed by atoms with Crippen LogP contribution in [0.25, 0.3) is 11.0 Å². The maximum Gasteiger partial charge on any atom is 0.326 e. The molecule has 1 amide bonds. The van der Waals surface area contributed by atoms with E-state index in [0.717, 1.165) is 16.8 Å². The average molecular weight is 494 g/mol. The van der Waals surface area contributed by atoms with Crippen LogP contribution in [0.3, 0.4) is 0 Å². The first-order chi connectivity index (χ1) is 17.1. The number of carbonyl (C=O) groups is 3. The number of hydrogen-bond acceptors (Lipinski definition) is 9. The summed E-state index contributed by atoms with van der Waals surface area (Å²) in [6, 6.07) is 5.29. The van der Waals surface area contributed by atoms with E-state index < -0.39 is 23.9 Å². The normalized spacial score (nSPS) is 11.6. The van der Waals surface area contributed by atoms with Crippen LogP contribution in [-0.2, 0) is 16.1 Å². The minimum absolute atomic E-state index is 0.0496. The molecule has 0 aliphatic rings. The van der Waals surface area contributed by atoms with E-state index >= 15 is 0 Å². The number of pyridine rings is 1. The van der Waals surface area contributed by atoms with E-state index in [1.54, 1.807) is 36.5 Å². The summed E-state index contributed by atoms with van der Waals surface area (Å²) in [5, 5.41) is 21.0. The van der Waals surface area contributed by atoms with E-state index in [0.29, 0.717) is 24.1 Å². The molecule has 0 saturated heterocycles. The molecule has 188 valence electrons. The minimum atomic E-state index is -1.30. The molecule has 12 nitrogen and oxygen atoms in total. The lowest BCUT2D eigenvalue weighted by atomic mass is 10.1. The second-order valence-corrected chi connectivity index (χ2v) is 8.09. The Hall–Kier alpha value is -4.74. The van der Waals surface area contributed by atoms with Gasteiger partial charge < -0.3 is 31.9 Å². The van der Waals surface area contributed by atoms with E-state index in [1.165, 1.54) is 0 Å². The molecule has 0 aliphatic carbocycles. The van der Waals surface area contributed by atoms with Crippen LogP contribution < -0.4 is 21.7 Å². The zero-order chi connectivity index (χ0) is 26.4. The monoisotopic (exact) mass is 493 g/mol. The van der Waals surface area contributed by atoms with Crippen molar-refractivity contribution in [2.24, 2.45) is 0 Å². The Balaban J connectivity index is 1.80. The zero-order valence-electron chi connectivity index (χ0n) is 19.6. The number of nitrogen functional groups attached to an aromatic ring is 2. The largest absolute Gasteiger partial charge is 0.481 e. The van der Waals surface area contributed by atoms with Gasteiger partial charge in [0.2, 0.25) is 5.95 Å². The van der Waals surface area contributed by atoms with Gasteiger partial charge >= 0.3 is 11.9 Å². The van der Waals surface area contributed by atoms with Crippen molar-refractivity contribution in [3.05, 3.63) is 59.8 Å². The van der Waals surface area contributed by atoms with Gasteiger partial charge in [0, 0.05) is 37.0 Å². The third kappa shape index (κ3) is 6.03. The molecule has 12 heteroatoms. The van der Waals surface area contributed by atoms with Crippen molar-refractivity contribution in [2.75, 3.05) is 22.9 Å². The summed E-state index contributed by atoms with van der Waals surface area (Å²) >= 11 is 0. The third-order valence-electron chi connectivity index (χ3n) is 5.59. The van der Waals surface area contributed by atoms with Gasteiger partial charge in [0.05, 0.1) is 5.39 Å². The first-order valence-corrected chi connectivity index (χ1v) is 11.0. The van der Waals surface area contributed by atoms with Crippen molar-refractivity contribution in [3.8, 4) is 0 Å². The van der Waals surface area contributed by atoms with Gasteiger partial charge in [0.1, 0.15) is 11.9 Å². The standard InChI is InChI=1S/C24H27N7O5/c1-3-10-31(12-15-11-27-21-19(13(15)2)20(25)29-24(26)30-21)16-6-4-14(5-7-16)22(34)28-17(23(35)36)8-9-18(32)33/h3-7,11,17H,1,8-10,12H2,2H3,(H,28,34)(H,32,33)(H,35,36)(H4,25,26,27,29,30)/t17-/m0/s1. The average Bonchev–Trinajstić information content (AvgIpc) is 2.82. The molecule has 0 aliphatic heterocycles. The molecule has 0 bridgehead atoms. The van der Waals surface area contributed by atoms with Crippen molar-refractivity contribution in [1.29, 1.82) is 0 Å². The van der Waals surface area contributed by atoms with Crippen LogP contribution in [0.2, 0.25) is 0 Å². The predicted molar refractivity (Wildman–Crippen MR) is 134 cm³/mol. The molecule has 0 radical (unpaired) electrons. The fourth-order valence-electron chi connectivity index (χ4n) is 3.71. The maximum atomic E-state index is 12.5. The lowest BCUT2D eigenvalue weighted by Gasteiger charge is -2.25. The van der Waals surface area contributed by atoms with Crippen molar-refractivity contribution < 1.29 is 24.6 Å². The fourth-order valence-corrected chi connectivity index (χ4v) is 3.71. The van der Waals surface area contributed by atoms with Crippen molar-refractivity contribution >= 4 is 46.3 Å². The number of anilines is 3. The quantitative estimate of drug-likeness (QED) is 0.244. The number of hydrogen-bond donors (Lipinski definition) is 5. The van der Waals surface area contributed by atoms with Crippen molar-refractivity contribution in [3.63, 3.8) is 0 Å². The van der Waals surface area contributed by atoms with Crippen LogP contribution >= 0.6 is 0 Å². The van der Waals surface area contributed by atoms with Crippen LogP contribution in [0.4, 0.5) is 17.5 Å². The summed E-state index contributed by atoms with van der Waals surface area (Å²) in [6.45, 7) is 6.66. The van der Waals surface area contributed by atoms with Crippen LogP contribution in [0.15, 0.2) is 43.1 Å². The highest BCUT2D eigenvalue weighted by Crippen LogP contribution is 2.26. The van der Waals surface area contributed by atoms with Gasteiger partial charge in [0.25, 0.3) is 5.91 Å². The van der Waals surface area contributed by atoms with Gasteiger partial charge in [-0.1, -0.05) is 6.08 Å². The Bertz CT molecular complexity index is 1310. The molecule has 1 aromatic carbocycles. The van der Waals surface area contributed by atoms with Gasteiger partial charge in [-0.2, -0.15) is 9.97 Å². The Morgan fingerprint density at radius 1 is 1.17 bits per heavy atom. The first-order valence-electron chi connectivity index (χ1n) is 11.0. The van der Waals surface area contributed by atoms with E-state index in [2.05, 4.69) is 26.8 Å². The number of nitrogens with zero attached hydrogens (tertiary/aromatic N) is 4. The van der Waals surface area contributed by atoms with Crippen molar-refractivity contribution in [2.45, 2.75) is 32.4 Å². The smallest absolute Gasteiger partial charge is 0.326 e. The minimum Gasteiger partial charge on any atom is -0.481 e. The summed E-state index contributed by atoms with van der Waals surface area (Å²) < 4.78 is 0. The number of rotatable bonds is 11. The predicted octanol–water partition coefficient (Wildman–Crippen LogP) is 1.74. The summed E-state index contributed by atoms with van der Waals surface area (Å²) in [6.07, 6.45) is 2.84. The molecule has 0 spiro atoms. The number of aryl methyl sites for hydroxylation is 1. The van der Waals surface area contributed by atoms with Gasteiger partial charge in [0.15, 0.2) is 5.65 Å². The molecule has 0 saturated carbocycles. The molecule has 0 fully saturated rings. The van der Waals surface area contributed by atoms with Crippen LogP contribution in [0, 0.1) is 6.92 Å². The molecule has 0 unspecified atom stereocenters. The Labute approximate surface area is 206 Å².